The third-order valence-electron chi connectivity index (χ3n) is 6.91. The number of aromatic nitrogens is 1. The Kier molecular flexibility index (Phi) is 7.16. The standard InChI is InChI=1S/C29H25N5O4S/c1-20-7-9-21(10-8-20)18-33-27-12-11-24(15-25(27)28(29(33)35)26(16-30)31-2)39(36,37)34-14-4-5-22(34)19-38-23-6-3-13-32-17-23/h3,6-13,15,17,22H,4-5,14,18-19H2,1H3/b28-26+/t22-/m0/s1. The number of hydrogen-bond acceptors (Lipinski definition) is 6. The van der Waals surface area contributed by atoms with Gasteiger partial charge < -0.3 is 9.64 Å². The molecule has 0 bridgehead atoms. The van der Waals surface area contributed by atoms with Crippen LogP contribution in [0.25, 0.3) is 10.4 Å². The second-order valence-corrected chi connectivity index (χ2v) is 11.3. The van der Waals surface area contributed by atoms with Crippen molar-refractivity contribution in [3.63, 3.8) is 0 Å². The van der Waals surface area contributed by atoms with E-state index < -0.39 is 15.9 Å². The van der Waals surface area contributed by atoms with Crippen LogP contribution in [0.3, 0.4) is 0 Å². The number of ether oxygens (including phenoxy) is 1. The zero-order valence-corrected chi connectivity index (χ0v) is 22.1. The number of carbonyl (C=O) groups excluding carboxylic acids is 1. The molecule has 39 heavy (non-hydrogen) atoms. The Morgan fingerprint density at radius 3 is 2.72 bits per heavy atom. The lowest BCUT2D eigenvalue weighted by atomic mass is 10.1. The number of fused-ring (bicyclic) bond motifs is 1. The number of nitriles is 1. The second-order valence-electron chi connectivity index (χ2n) is 9.41. The van der Waals surface area contributed by atoms with Gasteiger partial charge in [-0.25, -0.2) is 18.5 Å². The number of benzene rings is 2. The minimum Gasteiger partial charge on any atom is -0.490 e. The number of aryl methyl sites for hydroxylation is 1. The minimum atomic E-state index is -3.95. The topological polar surface area (TPSA) is 108 Å². The Morgan fingerprint density at radius 2 is 2.03 bits per heavy atom. The Labute approximate surface area is 227 Å². The summed E-state index contributed by atoms with van der Waals surface area (Å²) in [6, 6.07) is 17.1. The van der Waals surface area contributed by atoms with Gasteiger partial charge in [-0.1, -0.05) is 29.8 Å². The number of hydrogen-bond donors (Lipinski definition) is 0. The fraction of sp³-hybridized carbons (Fsp3) is 0.241. The summed E-state index contributed by atoms with van der Waals surface area (Å²) in [6.07, 6.45) is 4.55. The van der Waals surface area contributed by atoms with Gasteiger partial charge in [0.2, 0.25) is 15.9 Å². The monoisotopic (exact) mass is 539 g/mol. The van der Waals surface area contributed by atoms with E-state index in [1.807, 2.05) is 31.2 Å². The number of carbonyl (C=O) groups is 1. The molecule has 1 fully saturated rings. The Morgan fingerprint density at radius 1 is 1.23 bits per heavy atom. The average molecular weight is 540 g/mol. The first-order chi connectivity index (χ1) is 18.8. The maximum atomic E-state index is 13.8. The van der Waals surface area contributed by atoms with Crippen LogP contribution in [0, 0.1) is 24.8 Å². The summed E-state index contributed by atoms with van der Waals surface area (Å²) in [5.41, 5.74) is 2.23. The average Bonchev–Trinajstić information content (AvgIpc) is 3.53. The van der Waals surface area contributed by atoms with Crippen molar-refractivity contribution in [2.45, 2.75) is 37.2 Å². The molecule has 0 aliphatic carbocycles. The molecule has 196 valence electrons. The molecule has 0 N–H and O–H groups in total. The quantitative estimate of drug-likeness (QED) is 0.251. The minimum absolute atomic E-state index is 0.000663. The smallest absolute Gasteiger partial charge is 0.275 e. The summed E-state index contributed by atoms with van der Waals surface area (Å²) < 4.78 is 34.8. The van der Waals surface area contributed by atoms with Crippen LogP contribution in [-0.2, 0) is 21.4 Å². The number of amides is 1. The van der Waals surface area contributed by atoms with Gasteiger partial charge in [0.05, 0.1) is 47.6 Å². The van der Waals surface area contributed by atoms with E-state index in [1.165, 1.54) is 21.3 Å². The van der Waals surface area contributed by atoms with Gasteiger partial charge in [-0.2, -0.15) is 4.31 Å². The molecule has 2 aliphatic rings. The van der Waals surface area contributed by atoms with Crippen molar-refractivity contribution in [2.75, 3.05) is 18.1 Å². The summed E-state index contributed by atoms with van der Waals surface area (Å²) in [6.45, 7) is 10.2. The van der Waals surface area contributed by atoms with Crippen molar-refractivity contribution in [1.82, 2.24) is 9.29 Å². The van der Waals surface area contributed by atoms with E-state index >= 15 is 0 Å². The molecule has 0 unspecified atom stereocenters. The van der Waals surface area contributed by atoms with Crippen molar-refractivity contribution >= 4 is 27.2 Å². The molecule has 10 heteroatoms. The van der Waals surface area contributed by atoms with Crippen molar-refractivity contribution in [1.29, 1.82) is 5.26 Å². The van der Waals surface area contributed by atoms with Crippen LogP contribution < -0.4 is 9.64 Å². The zero-order valence-electron chi connectivity index (χ0n) is 21.2. The fourth-order valence-corrected chi connectivity index (χ4v) is 6.63. The summed E-state index contributed by atoms with van der Waals surface area (Å²) in [5, 5.41) is 9.59. The molecule has 1 atom stereocenters. The van der Waals surface area contributed by atoms with E-state index in [1.54, 1.807) is 36.7 Å². The number of pyridine rings is 1. The first kappa shape index (κ1) is 26.1. The van der Waals surface area contributed by atoms with Crippen molar-refractivity contribution in [2.24, 2.45) is 0 Å². The largest absolute Gasteiger partial charge is 0.490 e. The van der Waals surface area contributed by atoms with Gasteiger partial charge in [-0.05, 0) is 55.7 Å². The number of sulfonamides is 1. The molecule has 0 spiro atoms. The van der Waals surface area contributed by atoms with Crippen molar-refractivity contribution in [3.8, 4) is 11.8 Å². The first-order valence-corrected chi connectivity index (χ1v) is 13.9. The van der Waals surface area contributed by atoms with Gasteiger partial charge in [-0.3, -0.25) is 9.78 Å². The maximum absolute atomic E-state index is 13.8. The van der Waals surface area contributed by atoms with Crippen LogP contribution in [0.4, 0.5) is 5.69 Å². The van der Waals surface area contributed by atoms with E-state index in [0.717, 1.165) is 11.1 Å². The highest BCUT2D eigenvalue weighted by Gasteiger charge is 2.39. The Hall–Kier alpha value is -4.51. The SMILES string of the molecule is [C-]#[N+]/C(C#N)=C1/C(=O)N(Cc2ccc(C)cc2)c2ccc(S(=O)(=O)N3CCC[C@H]3COc3cccnc3)cc21. The first-order valence-electron chi connectivity index (χ1n) is 12.4. The highest BCUT2D eigenvalue weighted by atomic mass is 32.2. The molecule has 2 aromatic carbocycles. The van der Waals surface area contributed by atoms with Crippen molar-refractivity contribution in [3.05, 3.63) is 101 Å². The van der Waals surface area contributed by atoms with Gasteiger partial charge in [0, 0.05) is 18.3 Å². The van der Waals surface area contributed by atoms with Crippen LogP contribution in [0.2, 0.25) is 0 Å². The van der Waals surface area contributed by atoms with Crippen LogP contribution in [0.15, 0.2) is 77.6 Å². The Balaban J connectivity index is 1.49. The molecular weight excluding hydrogens is 514 g/mol. The molecule has 0 radical (unpaired) electrons. The molecule has 1 saturated heterocycles. The fourth-order valence-electron chi connectivity index (χ4n) is 4.92. The van der Waals surface area contributed by atoms with Gasteiger partial charge in [0.1, 0.15) is 12.4 Å². The molecule has 0 saturated carbocycles. The van der Waals surface area contributed by atoms with E-state index in [2.05, 4.69) is 9.83 Å². The second kappa shape index (κ2) is 10.7. The molecule has 9 nitrogen and oxygen atoms in total. The predicted molar refractivity (Wildman–Crippen MR) is 145 cm³/mol. The number of rotatable bonds is 7. The molecule has 1 amide bonds. The lowest BCUT2D eigenvalue weighted by Crippen LogP contribution is -2.39. The van der Waals surface area contributed by atoms with E-state index in [-0.39, 0.29) is 40.9 Å². The third kappa shape index (κ3) is 5.00. The van der Waals surface area contributed by atoms with Gasteiger partial charge in [-0.15, -0.1) is 0 Å². The Bertz CT molecular complexity index is 1620. The van der Waals surface area contributed by atoms with E-state index in [9.17, 15) is 18.5 Å². The lowest BCUT2D eigenvalue weighted by molar-refractivity contribution is -0.113. The van der Waals surface area contributed by atoms with E-state index in [4.69, 9.17) is 11.3 Å². The summed E-state index contributed by atoms with van der Waals surface area (Å²) in [7, 11) is -3.95. The molecular formula is C29H25N5O4S. The maximum Gasteiger partial charge on any atom is 0.275 e. The molecule has 3 aromatic rings. The van der Waals surface area contributed by atoms with Gasteiger partial charge in [0.25, 0.3) is 5.70 Å². The van der Waals surface area contributed by atoms with Gasteiger partial charge >= 0.3 is 0 Å². The lowest BCUT2D eigenvalue weighted by Gasteiger charge is -2.24. The summed E-state index contributed by atoms with van der Waals surface area (Å²) in [5.74, 6) is 0.0565. The van der Waals surface area contributed by atoms with Crippen LogP contribution >= 0.6 is 0 Å². The molecule has 5 rings (SSSR count). The number of allylic oxidation sites excluding steroid dienone is 1. The number of nitrogens with zero attached hydrogens (tertiary/aromatic N) is 5. The molecule has 2 aliphatic heterocycles. The van der Waals surface area contributed by atoms with Gasteiger partial charge in [0.15, 0.2) is 0 Å². The predicted octanol–water partition coefficient (Wildman–Crippen LogP) is 4.32. The summed E-state index contributed by atoms with van der Waals surface area (Å²) in [4.78, 5) is 22.2. The van der Waals surface area contributed by atoms with Crippen LogP contribution in [0.1, 0.15) is 29.5 Å². The van der Waals surface area contributed by atoms with Crippen LogP contribution in [0.5, 0.6) is 5.75 Å². The normalized spacial score (nSPS) is 18.4. The summed E-state index contributed by atoms with van der Waals surface area (Å²) >= 11 is 0. The van der Waals surface area contributed by atoms with E-state index in [0.29, 0.717) is 30.8 Å². The molecule has 3 heterocycles. The highest BCUT2D eigenvalue weighted by molar-refractivity contribution is 7.89. The highest BCUT2D eigenvalue weighted by Crippen LogP contribution is 2.41. The third-order valence-corrected chi connectivity index (χ3v) is 8.86. The van der Waals surface area contributed by atoms with Crippen molar-refractivity contribution < 1.29 is 17.9 Å². The zero-order chi connectivity index (χ0) is 27.6. The number of anilines is 1. The molecule has 1 aromatic heterocycles. The van der Waals surface area contributed by atoms with Crippen LogP contribution in [-0.4, -0.2) is 42.8 Å².